The molecule has 0 aliphatic rings. The lowest BCUT2D eigenvalue weighted by atomic mass is 10.1. The Hall–Kier alpha value is -1.09. The van der Waals surface area contributed by atoms with Crippen LogP contribution in [0.3, 0.4) is 0 Å². The van der Waals surface area contributed by atoms with E-state index < -0.39 is 22.1 Å². The van der Waals surface area contributed by atoms with Crippen molar-refractivity contribution in [1.82, 2.24) is 0 Å². The lowest BCUT2D eigenvalue weighted by molar-refractivity contribution is -0.134. The van der Waals surface area contributed by atoms with Crippen molar-refractivity contribution < 1.29 is 23.6 Å². The summed E-state index contributed by atoms with van der Waals surface area (Å²) in [5, 5.41) is 0. The normalized spacial score (nSPS) is 13.5. The lowest BCUT2D eigenvalue weighted by Gasteiger charge is -2.19. The number of carbonyl (C=O) groups is 1. The summed E-state index contributed by atoms with van der Waals surface area (Å²) < 4.78 is 32.1. The van der Waals surface area contributed by atoms with Crippen molar-refractivity contribution >= 4 is 39.0 Å². The van der Waals surface area contributed by atoms with Crippen LogP contribution in [0, 0.1) is 0 Å². The Labute approximate surface area is 154 Å². The largest absolute Gasteiger partial charge is 0.591 e. The summed E-state index contributed by atoms with van der Waals surface area (Å²) in [5.41, 5.74) is 0.343. The third-order valence-electron chi connectivity index (χ3n) is 2.70. The van der Waals surface area contributed by atoms with Crippen molar-refractivity contribution in [3.8, 4) is 5.75 Å². The van der Waals surface area contributed by atoms with E-state index in [0.29, 0.717) is 11.3 Å². The Kier molecular flexibility index (Phi) is 8.21. The first-order chi connectivity index (χ1) is 11.2. The second kappa shape index (κ2) is 9.41. The van der Waals surface area contributed by atoms with Crippen molar-refractivity contribution in [3.63, 3.8) is 0 Å². The minimum absolute atomic E-state index is 0.00704. The van der Waals surface area contributed by atoms with Gasteiger partial charge in [-0.05, 0) is 45.9 Å². The maximum atomic E-state index is 12.4. The van der Waals surface area contributed by atoms with Gasteiger partial charge in [0.15, 0.2) is 6.79 Å². The van der Waals surface area contributed by atoms with Gasteiger partial charge in [0, 0.05) is 11.6 Å². The summed E-state index contributed by atoms with van der Waals surface area (Å²) in [6.45, 7) is 7.21. The van der Waals surface area contributed by atoms with Gasteiger partial charge in [0.05, 0.1) is 12.2 Å². The van der Waals surface area contributed by atoms with Gasteiger partial charge in [-0.25, -0.2) is 4.79 Å². The first-order valence-electron chi connectivity index (χ1n) is 7.30. The van der Waals surface area contributed by atoms with E-state index in [-0.39, 0.29) is 19.1 Å². The molecule has 134 valence electrons. The van der Waals surface area contributed by atoms with Gasteiger partial charge in [-0.2, -0.15) is 0 Å². The van der Waals surface area contributed by atoms with Crippen molar-refractivity contribution in [2.45, 2.75) is 32.4 Å². The van der Waals surface area contributed by atoms with Gasteiger partial charge >= 0.3 is 5.97 Å². The Morgan fingerprint density at radius 3 is 2.58 bits per heavy atom. The highest BCUT2D eigenvalue weighted by molar-refractivity contribution is 9.10. The Morgan fingerprint density at radius 1 is 1.38 bits per heavy atom. The molecule has 0 aromatic heterocycles. The van der Waals surface area contributed by atoms with E-state index in [1.807, 2.05) is 0 Å². The number of benzene rings is 1. The molecule has 0 aliphatic carbocycles. The summed E-state index contributed by atoms with van der Waals surface area (Å²) in [5.74, 6) is -0.270. The van der Waals surface area contributed by atoms with Gasteiger partial charge in [-0.15, -0.1) is 0 Å². The number of halogens is 1. The van der Waals surface area contributed by atoms with Gasteiger partial charge in [0.25, 0.3) is 0 Å². The zero-order valence-corrected chi connectivity index (χ0v) is 16.8. The van der Waals surface area contributed by atoms with E-state index in [1.165, 1.54) is 7.11 Å². The number of esters is 1. The second-order valence-corrected chi connectivity index (χ2v) is 8.53. The smallest absolute Gasteiger partial charge is 0.362 e. The molecule has 0 saturated carbocycles. The number of ether oxygens (including phenoxy) is 3. The van der Waals surface area contributed by atoms with Crippen LogP contribution in [0.15, 0.2) is 27.1 Å². The summed E-state index contributed by atoms with van der Waals surface area (Å²) in [7, 11) is 1.49. The molecule has 0 heterocycles. The molecule has 1 atom stereocenters. The van der Waals surface area contributed by atoms with E-state index in [1.54, 1.807) is 45.9 Å². The average Bonchev–Trinajstić information content (AvgIpc) is 2.50. The molecule has 1 rings (SSSR count). The van der Waals surface area contributed by atoms with E-state index >= 15 is 0 Å². The SMILES string of the molecule is CCOC(=O)C(=N[S+]([O-])C(C)(C)C)c1cc(Br)ccc1OCOC. The Balaban J connectivity index is 3.41. The molecular weight excluding hydrogens is 398 g/mol. The number of nitrogens with zero attached hydrogens (tertiary/aromatic N) is 1. The number of rotatable bonds is 7. The highest BCUT2D eigenvalue weighted by Crippen LogP contribution is 2.27. The molecule has 6 nitrogen and oxygen atoms in total. The molecular formula is C16H22BrNO5S. The van der Waals surface area contributed by atoms with Crippen LogP contribution in [0.4, 0.5) is 0 Å². The maximum absolute atomic E-state index is 12.4. The average molecular weight is 420 g/mol. The van der Waals surface area contributed by atoms with E-state index in [2.05, 4.69) is 20.3 Å². The molecule has 0 bridgehead atoms. The third kappa shape index (κ3) is 6.08. The molecule has 0 N–H and O–H groups in total. The van der Waals surface area contributed by atoms with Gasteiger partial charge in [-0.1, -0.05) is 20.3 Å². The fraction of sp³-hybridized carbons (Fsp3) is 0.500. The quantitative estimate of drug-likeness (QED) is 0.293. The minimum Gasteiger partial charge on any atom is -0.591 e. The predicted octanol–water partition coefficient (Wildman–Crippen LogP) is 3.25. The van der Waals surface area contributed by atoms with Gasteiger partial charge < -0.3 is 18.8 Å². The molecule has 1 aromatic carbocycles. The monoisotopic (exact) mass is 419 g/mol. The van der Waals surface area contributed by atoms with E-state index in [4.69, 9.17) is 14.2 Å². The summed E-state index contributed by atoms with van der Waals surface area (Å²) in [6, 6.07) is 5.10. The lowest BCUT2D eigenvalue weighted by Crippen LogP contribution is -2.29. The molecule has 1 unspecified atom stereocenters. The number of hydrogen-bond donors (Lipinski definition) is 0. The number of carbonyl (C=O) groups excluding carboxylic acids is 1. The van der Waals surface area contributed by atoms with Gasteiger partial charge in [-0.3, -0.25) is 0 Å². The van der Waals surface area contributed by atoms with Crippen molar-refractivity contribution in [2.24, 2.45) is 4.40 Å². The third-order valence-corrected chi connectivity index (χ3v) is 4.59. The van der Waals surface area contributed by atoms with Crippen molar-refractivity contribution in [2.75, 3.05) is 20.5 Å². The zero-order valence-electron chi connectivity index (χ0n) is 14.4. The van der Waals surface area contributed by atoms with E-state index in [9.17, 15) is 9.35 Å². The maximum Gasteiger partial charge on any atom is 0.362 e. The van der Waals surface area contributed by atoms with Crippen molar-refractivity contribution in [1.29, 1.82) is 0 Å². The molecule has 24 heavy (non-hydrogen) atoms. The molecule has 0 saturated heterocycles. The molecule has 0 fully saturated rings. The summed E-state index contributed by atoms with van der Waals surface area (Å²) >= 11 is 1.73. The van der Waals surface area contributed by atoms with Crippen LogP contribution in [-0.4, -0.2) is 41.5 Å². The minimum atomic E-state index is -1.63. The Morgan fingerprint density at radius 2 is 2.04 bits per heavy atom. The standard InChI is InChI=1S/C16H22BrNO5S/c1-6-22-15(19)14(18-24(20)16(2,3)4)12-9-11(17)7-8-13(12)23-10-21-5/h7-9H,6,10H2,1-5H3. The molecule has 8 heteroatoms. The number of hydrogen-bond acceptors (Lipinski definition) is 6. The first-order valence-corrected chi connectivity index (χ1v) is 9.20. The van der Waals surface area contributed by atoms with Crippen LogP contribution in [0.25, 0.3) is 0 Å². The Bertz CT molecular complexity index is 601. The zero-order chi connectivity index (χ0) is 18.3. The van der Waals surface area contributed by atoms with Crippen LogP contribution in [0.2, 0.25) is 0 Å². The molecule has 0 radical (unpaired) electrons. The van der Waals surface area contributed by atoms with Crippen LogP contribution < -0.4 is 4.74 Å². The van der Waals surface area contributed by atoms with Crippen LogP contribution in [0.1, 0.15) is 33.3 Å². The molecule has 0 spiro atoms. The second-order valence-electron chi connectivity index (χ2n) is 5.71. The van der Waals surface area contributed by atoms with E-state index in [0.717, 1.165) is 4.47 Å². The number of methoxy groups -OCH3 is 1. The summed E-state index contributed by atoms with van der Waals surface area (Å²) in [4.78, 5) is 12.4. The fourth-order valence-corrected chi connectivity index (χ4v) is 2.52. The van der Waals surface area contributed by atoms with Crippen LogP contribution >= 0.6 is 15.9 Å². The van der Waals surface area contributed by atoms with Crippen LogP contribution in [-0.2, 0) is 25.6 Å². The first kappa shape index (κ1) is 21.0. The highest BCUT2D eigenvalue weighted by Gasteiger charge is 2.31. The highest BCUT2D eigenvalue weighted by atomic mass is 79.9. The van der Waals surface area contributed by atoms with Crippen LogP contribution in [0.5, 0.6) is 5.75 Å². The fourth-order valence-electron chi connectivity index (χ4n) is 1.55. The molecule has 0 amide bonds. The van der Waals surface area contributed by atoms with Crippen molar-refractivity contribution in [3.05, 3.63) is 28.2 Å². The topological polar surface area (TPSA) is 80.2 Å². The van der Waals surface area contributed by atoms with Gasteiger partial charge in [0.2, 0.25) is 5.71 Å². The predicted molar refractivity (Wildman–Crippen MR) is 97.7 cm³/mol. The van der Waals surface area contributed by atoms with Gasteiger partial charge in [0.1, 0.15) is 21.9 Å². The molecule has 0 aliphatic heterocycles. The molecule has 1 aromatic rings. The summed E-state index contributed by atoms with van der Waals surface area (Å²) in [6.07, 6.45) is 0.